The number of nitrogens with zero attached hydrogens (tertiary/aromatic N) is 1. The lowest BCUT2D eigenvalue weighted by molar-refractivity contribution is -0.141. The predicted molar refractivity (Wildman–Crippen MR) is 157 cm³/mol. The van der Waals surface area contributed by atoms with Crippen LogP contribution < -0.4 is 14.8 Å². The van der Waals surface area contributed by atoms with Crippen LogP contribution in [-0.2, 0) is 35.5 Å². The maximum absolute atomic E-state index is 13.9. The molecule has 0 aromatic heterocycles. The van der Waals surface area contributed by atoms with Crippen LogP contribution >= 0.6 is 0 Å². The summed E-state index contributed by atoms with van der Waals surface area (Å²) < 4.78 is 10.8. The topological polar surface area (TPSA) is 67.9 Å². The molecular weight excluding hydrogens is 500 g/mol. The van der Waals surface area contributed by atoms with Crippen LogP contribution in [0.4, 0.5) is 0 Å². The van der Waals surface area contributed by atoms with E-state index in [4.69, 9.17) is 9.47 Å². The Morgan fingerprint density at radius 3 is 2.00 bits per heavy atom. The molecule has 4 rings (SSSR count). The molecule has 0 saturated carbocycles. The zero-order valence-corrected chi connectivity index (χ0v) is 23.1. The van der Waals surface area contributed by atoms with Gasteiger partial charge in [0.1, 0.15) is 17.5 Å². The highest BCUT2D eigenvalue weighted by atomic mass is 16.5. The number of aryl methyl sites for hydroxylation is 1. The molecule has 4 aromatic rings. The lowest BCUT2D eigenvalue weighted by atomic mass is 10.0. The third-order valence-corrected chi connectivity index (χ3v) is 6.90. The number of carbonyl (C=O) groups is 2. The van der Waals surface area contributed by atoms with E-state index in [2.05, 4.69) is 5.32 Å². The monoisotopic (exact) mass is 536 g/mol. The molecule has 1 atom stereocenters. The van der Waals surface area contributed by atoms with Crippen LogP contribution in [0.15, 0.2) is 109 Å². The molecule has 0 bridgehead atoms. The second kappa shape index (κ2) is 14.5. The van der Waals surface area contributed by atoms with Crippen molar-refractivity contribution in [3.8, 4) is 11.5 Å². The lowest BCUT2D eigenvalue weighted by Crippen LogP contribution is -2.50. The summed E-state index contributed by atoms with van der Waals surface area (Å²) in [4.78, 5) is 29.4. The van der Waals surface area contributed by atoms with Gasteiger partial charge in [0.15, 0.2) is 0 Å². The summed E-state index contributed by atoms with van der Waals surface area (Å²) in [7, 11) is 3.23. The zero-order valence-electron chi connectivity index (χ0n) is 23.1. The Balaban J connectivity index is 1.62. The van der Waals surface area contributed by atoms with E-state index in [0.717, 1.165) is 28.0 Å². The van der Waals surface area contributed by atoms with Gasteiger partial charge in [-0.05, 0) is 41.3 Å². The first kappa shape index (κ1) is 28.4. The van der Waals surface area contributed by atoms with Crippen LogP contribution in [-0.4, -0.2) is 37.0 Å². The average Bonchev–Trinajstić information content (AvgIpc) is 3.01. The number of nitrogens with one attached hydrogen (secondary N) is 1. The second-order valence-corrected chi connectivity index (χ2v) is 9.59. The molecule has 0 fully saturated rings. The van der Waals surface area contributed by atoms with Crippen molar-refractivity contribution in [1.29, 1.82) is 0 Å². The van der Waals surface area contributed by atoms with E-state index in [0.29, 0.717) is 38.1 Å². The molecular formula is C34H36N2O4. The number of para-hydroxylation sites is 1. The Hall–Kier alpha value is -4.58. The molecule has 4 aromatic carbocycles. The minimum absolute atomic E-state index is 0.0759. The molecule has 0 saturated heterocycles. The maximum Gasteiger partial charge on any atom is 0.243 e. The predicted octanol–water partition coefficient (Wildman–Crippen LogP) is 5.59. The fourth-order valence-electron chi connectivity index (χ4n) is 4.67. The molecule has 6 heteroatoms. The quantitative estimate of drug-likeness (QED) is 0.242. The highest BCUT2D eigenvalue weighted by Gasteiger charge is 2.30. The van der Waals surface area contributed by atoms with Crippen molar-refractivity contribution < 1.29 is 19.1 Å². The summed E-state index contributed by atoms with van der Waals surface area (Å²) >= 11 is 0. The van der Waals surface area contributed by atoms with E-state index < -0.39 is 6.04 Å². The molecule has 0 radical (unpaired) electrons. The number of benzene rings is 4. The summed E-state index contributed by atoms with van der Waals surface area (Å²) in [5, 5.41) is 3.07. The first-order valence-electron chi connectivity index (χ1n) is 13.5. The van der Waals surface area contributed by atoms with Gasteiger partial charge in [-0.1, -0.05) is 91.0 Å². The van der Waals surface area contributed by atoms with Gasteiger partial charge in [-0.25, -0.2) is 0 Å². The highest BCUT2D eigenvalue weighted by Crippen LogP contribution is 2.20. The number of hydrogen-bond acceptors (Lipinski definition) is 4. The van der Waals surface area contributed by atoms with Crippen molar-refractivity contribution >= 4 is 11.8 Å². The van der Waals surface area contributed by atoms with Gasteiger partial charge in [-0.3, -0.25) is 9.59 Å². The first-order valence-corrected chi connectivity index (χ1v) is 13.5. The lowest BCUT2D eigenvalue weighted by Gasteiger charge is -2.32. The number of carbonyl (C=O) groups excluding carboxylic acids is 2. The molecule has 1 unspecified atom stereocenters. The van der Waals surface area contributed by atoms with E-state index in [-0.39, 0.29) is 11.8 Å². The van der Waals surface area contributed by atoms with E-state index >= 15 is 0 Å². The SMILES string of the molecule is COc1ccc(CN(C(=O)CCc2ccccc2)C(Cc2ccccc2)C(=O)NCc2ccccc2OC)cc1. The first-order chi connectivity index (χ1) is 19.6. The number of amides is 2. The number of methoxy groups -OCH3 is 2. The van der Waals surface area contributed by atoms with Crippen LogP contribution in [0, 0.1) is 0 Å². The van der Waals surface area contributed by atoms with Crippen molar-refractivity contribution in [2.75, 3.05) is 14.2 Å². The maximum atomic E-state index is 13.9. The molecule has 40 heavy (non-hydrogen) atoms. The van der Waals surface area contributed by atoms with Gasteiger partial charge < -0.3 is 19.7 Å². The standard InChI is InChI=1S/C34H36N2O4/c1-39-30-20-17-28(18-21-30)25-36(33(37)22-19-26-11-5-3-6-12-26)31(23-27-13-7-4-8-14-27)34(38)35-24-29-15-9-10-16-32(29)40-2/h3-18,20-21,31H,19,22-25H2,1-2H3,(H,35,38). The van der Waals surface area contributed by atoms with E-state index in [1.54, 1.807) is 19.1 Å². The zero-order chi connectivity index (χ0) is 28.2. The molecule has 206 valence electrons. The Bertz CT molecular complexity index is 1360. The van der Waals surface area contributed by atoms with Crippen LogP contribution in [0.25, 0.3) is 0 Å². The molecule has 0 heterocycles. The molecule has 0 aliphatic rings. The average molecular weight is 537 g/mol. The summed E-state index contributed by atoms with van der Waals surface area (Å²) in [6.07, 6.45) is 1.29. The van der Waals surface area contributed by atoms with Gasteiger partial charge >= 0.3 is 0 Å². The van der Waals surface area contributed by atoms with E-state index in [1.165, 1.54) is 0 Å². The minimum Gasteiger partial charge on any atom is -0.497 e. The third-order valence-electron chi connectivity index (χ3n) is 6.90. The van der Waals surface area contributed by atoms with Crippen LogP contribution in [0.2, 0.25) is 0 Å². The normalized spacial score (nSPS) is 11.3. The fraction of sp³-hybridized carbons (Fsp3) is 0.235. The van der Waals surface area contributed by atoms with Crippen molar-refractivity contribution in [2.24, 2.45) is 0 Å². The second-order valence-electron chi connectivity index (χ2n) is 9.59. The number of ether oxygens (including phenoxy) is 2. The molecule has 0 aliphatic carbocycles. The van der Waals surface area contributed by atoms with Gasteiger partial charge in [0.2, 0.25) is 11.8 Å². The van der Waals surface area contributed by atoms with Gasteiger partial charge in [0, 0.05) is 31.5 Å². The molecule has 0 aliphatic heterocycles. The molecule has 1 N–H and O–H groups in total. The Labute approximate surface area is 236 Å². The number of rotatable bonds is 13. The summed E-state index contributed by atoms with van der Waals surface area (Å²) in [6, 6.07) is 34.2. The van der Waals surface area contributed by atoms with Crippen LogP contribution in [0.5, 0.6) is 11.5 Å². The van der Waals surface area contributed by atoms with Gasteiger partial charge in [0.25, 0.3) is 0 Å². The largest absolute Gasteiger partial charge is 0.497 e. The van der Waals surface area contributed by atoms with Crippen LogP contribution in [0.1, 0.15) is 28.7 Å². The van der Waals surface area contributed by atoms with Gasteiger partial charge in [-0.2, -0.15) is 0 Å². The smallest absolute Gasteiger partial charge is 0.243 e. The summed E-state index contributed by atoms with van der Waals surface area (Å²) in [6.45, 7) is 0.597. The Morgan fingerprint density at radius 1 is 0.725 bits per heavy atom. The van der Waals surface area contributed by atoms with Crippen molar-refractivity contribution in [3.63, 3.8) is 0 Å². The molecule has 6 nitrogen and oxygen atoms in total. The minimum atomic E-state index is -0.706. The van der Waals surface area contributed by atoms with Crippen LogP contribution in [0.3, 0.4) is 0 Å². The van der Waals surface area contributed by atoms with Crippen molar-refractivity contribution in [2.45, 2.75) is 38.4 Å². The van der Waals surface area contributed by atoms with Crippen molar-refractivity contribution in [1.82, 2.24) is 10.2 Å². The van der Waals surface area contributed by atoms with Crippen molar-refractivity contribution in [3.05, 3.63) is 131 Å². The van der Waals surface area contributed by atoms with E-state index in [1.807, 2.05) is 109 Å². The molecule has 0 spiro atoms. The summed E-state index contributed by atoms with van der Waals surface area (Å²) in [5.74, 6) is 1.15. The number of hydrogen-bond donors (Lipinski definition) is 1. The molecule has 2 amide bonds. The fourth-order valence-corrected chi connectivity index (χ4v) is 4.67. The van der Waals surface area contributed by atoms with Gasteiger partial charge in [-0.15, -0.1) is 0 Å². The van der Waals surface area contributed by atoms with Gasteiger partial charge in [0.05, 0.1) is 14.2 Å². The highest BCUT2D eigenvalue weighted by molar-refractivity contribution is 5.88. The summed E-state index contributed by atoms with van der Waals surface area (Å²) in [5.41, 5.74) is 3.86. The third kappa shape index (κ3) is 7.96. The van der Waals surface area contributed by atoms with E-state index in [9.17, 15) is 9.59 Å². The Kier molecular flexibility index (Phi) is 10.3. The Morgan fingerprint density at radius 2 is 1.35 bits per heavy atom.